The minimum Gasteiger partial charge on any atom is -0.406 e. The topological polar surface area (TPSA) is 21.3 Å². The zero-order valence-electron chi connectivity index (χ0n) is 9.21. The lowest BCUT2D eigenvalue weighted by atomic mass is 10.2. The number of anilines is 1. The molecule has 1 rings (SSSR count). The van der Waals surface area contributed by atoms with Crippen LogP contribution in [0.5, 0.6) is 5.75 Å². The number of alkyl halides is 3. The fourth-order valence-corrected chi connectivity index (χ4v) is 1.25. The summed E-state index contributed by atoms with van der Waals surface area (Å²) in [6.07, 6.45) is 1.24. The highest BCUT2D eigenvalue weighted by Gasteiger charge is 2.31. The average molecular weight is 243 g/mol. The molecule has 0 aliphatic rings. The van der Waals surface area contributed by atoms with E-state index < -0.39 is 6.36 Å². The van der Waals surface area contributed by atoms with Gasteiger partial charge in [0.25, 0.3) is 0 Å². The first-order valence-corrected chi connectivity index (χ1v) is 5.03. The summed E-state index contributed by atoms with van der Waals surface area (Å²) < 4.78 is 39.8. The molecule has 0 spiro atoms. The van der Waals surface area contributed by atoms with Gasteiger partial charge < -0.3 is 10.1 Å². The van der Waals surface area contributed by atoms with E-state index in [-0.39, 0.29) is 11.8 Å². The Morgan fingerprint density at radius 2 is 2.18 bits per heavy atom. The first-order valence-electron chi connectivity index (χ1n) is 5.03. The Morgan fingerprint density at radius 1 is 1.47 bits per heavy atom. The Hall–Kier alpha value is -1.83. The molecule has 1 aromatic carbocycles. The molecule has 17 heavy (non-hydrogen) atoms. The maximum Gasteiger partial charge on any atom is 0.573 e. The predicted molar refractivity (Wildman–Crippen MR) is 59.7 cm³/mol. The highest BCUT2D eigenvalue weighted by molar-refractivity contribution is 5.50. The monoisotopic (exact) mass is 243 g/mol. The molecule has 0 saturated heterocycles. The molecule has 1 aromatic rings. The molecule has 0 heterocycles. The van der Waals surface area contributed by atoms with Crippen LogP contribution >= 0.6 is 0 Å². The van der Waals surface area contributed by atoms with E-state index >= 15 is 0 Å². The van der Waals surface area contributed by atoms with Gasteiger partial charge in [0, 0.05) is 11.8 Å². The van der Waals surface area contributed by atoms with Crippen molar-refractivity contribution in [1.82, 2.24) is 0 Å². The molecule has 0 aliphatic heterocycles. The van der Waals surface area contributed by atoms with Crippen LogP contribution in [0.15, 0.2) is 24.3 Å². The van der Waals surface area contributed by atoms with E-state index in [9.17, 15) is 13.2 Å². The second-order valence-corrected chi connectivity index (χ2v) is 3.35. The van der Waals surface area contributed by atoms with Crippen LogP contribution in [0.4, 0.5) is 18.9 Å². The van der Waals surface area contributed by atoms with Gasteiger partial charge in [-0.3, -0.25) is 0 Å². The standard InChI is InChI=1S/C12H12F3NO/c1-3-9(4-2)16-10-6-5-7-11(8-10)17-12(13,14)15/h1,5-9,16H,4H2,2H3. The number of halogens is 3. The Bertz CT molecular complexity index is 409. The minimum atomic E-state index is -4.69. The molecule has 0 bridgehead atoms. The van der Waals surface area contributed by atoms with Crippen LogP contribution in [0.3, 0.4) is 0 Å². The highest BCUT2D eigenvalue weighted by atomic mass is 19.4. The predicted octanol–water partition coefficient (Wildman–Crippen LogP) is 3.41. The second-order valence-electron chi connectivity index (χ2n) is 3.35. The fraction of sp³-hybridized carbons (Fsp3) is 0.333. The van der Waals surface area contributed by atoms with Crippen molar-refractivity contribution in [1.29, 1.82) is 0 Å². The normalized spacial score (nSPS) is 12.6. The summed E-state index contributed by atoms with van der Waals surface area (Å²) in [6, 6.07) is 5.37. The van der Waals surface area contributed by atoms with Gasteiger partial charge in [-0.05, 0) is 18.6 Å². The van der Waals surface area contributed by atoms with Crippen LogP contribution in [0.25, 0.3) is 0 Å². The quantitative estimate of drug-likeness (QED) is 0.818. The third-order valence-corrected chi connectivity index (χ3v) is 2.02. The molecule has 0 amide bonds. The first kappa shape index (κ1) is 13.2. The van der Waals surface area contributed by atoms with Crippen molar-refractivity contribution >= 4 is 5.69 Å². The van der Waals surface area contributed by atoms with Gasteiger partial charge >= 0.3 is 6.36 Å². The summed E-state index contributed by atoms with van der Waals surface area (Å²) in [5.74, 6) is 2.22. The molecule has 5 heteroatoms. The summed E-state index contributed by atoms with van der Waals surface area (Å²) in [6.45, 7) is 1.88. The first-order chi connectivity index (χ1) is 7.94. The number of hydrogen-bond donors (Lipinski definition) is 1. The number of ether oxygens (including phenoxy) is 1. The lowest BCUT2D eigenvalue weighted by Gasteiger charge is -2.14. The van der Waals surface area contributed by atoms with Crippen molar-refractivity contribution in [2.45, 2.75) is 25.7 Å². The van der Waals surface area contributed by atoms with E-state index in [1.807, 2.05) is 6.92 Å². The SMILES string of the molecule is C#CC(CC)Nc1cccc(OC(F)(F)F)c1. The summed E-state index contributed by atoms with van der Waals surface area (Å²) >= 11 is 0. The van der Waals surface area contributed by atoms with E-state index in [4.69, 9.17) is 6.42 Å². The van der Waals surface area contributed by atoms with E-state index in [2.05, 4.69) is 16.0 Å². The van der Waals surface area contributed by atoms with Crippen LogP contribution in [0, 0.1) is 12.3 Å². The van der Waals surface area contributed by atoms with Crippen molar-refractivity contribution in [3.63, 3.8) is 0 Å². The van der Waals surface area contributed by atoms with Crippen molar-refractivity contribution < 1.29 is 17.9 Å². The van der Waals surface area contributed by atoms with E-state index in [0.29, 0.717) is 12.1 Å². The van der Waals surface area contributed by atoms with Crippen molar-refractivity contribution in [3.8, 4) is 18.1 Å². The molecule has 0 saturated carbocycles. The molecule has 0 aromatic heterocycles. The fourth-order valence-electron chi connectivity index (χ4n) is 1.25. The maximum atomic E-state index is 12.0. The molecule has 1 unspecified atom stereocenters. The van der Waals surface area contributed by atoms with Crippen molar-refractivity contribution in [2.24, 2.45) is 0 Å². The van der Waals surface area contributed by atoms with Crippen LogP contribution in [-0.2, 0) is 0 Å². The largest absolute Gasteiger partial charge is 0.573 e. The summed E-state index contributed by atoms with van der Waals surface area (Å²) in [7, 11) is 0. The second kappa shape index (κ2) is 5.48. The van der Waals surface area contributed by atoms with Crippen molar-refractivity contribution in [3.05, 3.63) is 24.3 Å². The van der Waals surface area contributed by atoms with E-state index in [1.54, 1.807) is 6.07 Å². The Kier molecular flexibility index (Phi) is 4.27. The lowest BCUT2D eigenvalue weighted by molar-refractivity contribution is -0.274. The molecule has 0 fully saturated rings. The van der Waals surface area contributed by atoms with Gasteiger partial charge in [0.1, 0.15) is 5.75 Å². The number of hydrogen-bond acceptors (Lipinski definition) is 2. The van der Waals surface area contributed by atoms with Crippen molar-refractivity contribution in [2.75, 3.05) is 5.32 Å². The van der Waals surface area contributed by atoms with Crippen LogP contribution in [0.2, 0.25) is 0 Å². The summed E-state index contributed by atoms with van der Waals surface area (Å²) in [5.41, 5.74) is 0.497. The number of nitrogens with one attached hydrogen (secondary N) is 1. The molecule has 1 N–H and O–H groups in total. The number of rotatable bonds is 4. The summed E-state index contributed by atoms with van der Waals surface area (Å²) in [4.78, 5) is 0. The van der Waals surface area contributed by atoms with Gasteiger partial charge in [-0.1, -0.05) is 18.9 Å². The van der Waals surface area contributed by atoms with Gasteiger partial charge in [-0.2, -0.15) is 0 Å². The van der Waals surface area contributed by atoms with Gasteiger partial charge in [0.2, 0.25) is 0 Å². The molecular weight excluding hydrogens is 231 g/mol. The van der Waals surface area contributed by atoms with Gasteiger partial charge in [-0.15, -0.1) is 19.6 Å². The third kappa shape index (κ3) is 4.68. The zero-order chi connectivity index (χ0) is 12.9. The van der Waals surface area contributed by atoms with E-state index in [0.717, 1.165) is 0 Å². The average Bonchev–Trinajstić information content (AvgIpc) is 2.24. The lowest BCUT2D eigenvalue weighted by Crippen LogP contribution is -2.18. The Balaban J connectivity index is 2.76. The zero-order valence-corrected chi connectivity index (χ0v) is 9.21. The molecular formula is C12H12F3NO. The Labute approximate surface area is 97.8 Å². The van der Waals surface area contributed by atoms with Crippen LogP contribution < -0.4 is 10.1 Å². The number of terminal acetylenes is 1. The molecule has 92 valence electrons. The molecule has 0 radical (unpaired) electrons. The van der Waals surface area contributed by atoms with Crippen LogP contribution in [-0.4, -0.2) is 12.4 Å². The van der Waals surface area contributed by atoms with E-state index in [1.165, 1.54) is 18.2 Å². The maximum absolute atomic E-state index is 12.0. The smallest absolute Gasteiger partial charge is 0.406 e. The summed E-state index contributed by atoms with van der Waals surface area (Å²) in [5, 5.41) is 2.92. The number of benzene rings is 1. The molecule has 1 atom stereocenters. The minimum absolute atomic E-state index is 0.212. The van der Waals surface area contributed by atoms with Gasteiger partial charge in [0.15, 0.2) is 0 Å². The highest BCUT2D eigenvalue weighted by Crippen LogP contribution is 2.25. The third-order valence-electron chi connectivity index (χ3n) is 2.02. The van der Waals surface area contributed by atoms with Gasteiger partial charge in [-0.25, -0.2) is 0 Å². The molecule has 2 nitrogen and oxygen atoms in total. The molecule has 0 aliphatic carbocycles. The van der Waals surface area contributed by atoms with Crippen LogP contribution in [0.1, 0.15) is 13.3 Å². The Morgan fingerprint density at radius 3 is 2.71 bits per heavy atom. The van der Waals surface area contributed by atoms with Gasteiger partial charge in [0.05, 0.1) is 6.04 Å².